The first kappa shape index (κ1) is 28.9. The second kappa shape index (κ2) is 10.2. The van der Waals surface area contributed by atoms with E-state index in [9.17, 15) is 26.3 Å². The summed E-state index contributed by atoms with van der Waals surface area (Å²) in [5, 5.41) is 0. The number of aryl methyl sites for hydroxylation is 1. The van der Waals surface area contributed by atoms with E-state index in [2.05, 4.69) is 15.0 Å². The highest BCUT2D eigenvalue weighted by molar-refractivity contribution is 5.74. The van der Waals surface area contributed by atoms with E-state index in [0.717, 1.165) is 18.7 Å². The average molecular weight is 553 g/mol. The van der Waals surface area contributed by atoms with E-state index < -0.39 is 48.5 Å². The van der Waals surface area contributed by atoms with Gasteiger partial charge in [-0.25, -0.2) is 4.98 Å². The molecule has 0 spiro atoms. The van der Waals surface area contributed by atoms with Gasteiger partial charge in [0, 0.05) is 42.5 Å². The van der Waals surface area contributed by atoms with Gasteiger partial charge < -0.3 is 4.74 Å². The molecule has 0 unspecified atom stereocenters. The van der Waals surface area contributed by atoms with Crippen LogP contribution in [0.1, 0.15) is 44.1 Å². The topological polar surface area (TPSA) is 51.1 Å². The van der Waals surface area contributed by atoms with Crippen molar-refractivity contribution >= 4 is 17.1 Å². The Morgan fingerprint density at radius 2 is 1.62 bits per heavy atom. The number of ether oxygens (including phenoxy) is 1. The molecular formula is C28H30F6N4O. The van der Waals surface area contributed by atoms with Crippen molar-refractivity contribution in [3.63, 3.8) is 0 Å². The number of fused-ring (bicyclic) bond motifs is 1. The number of halogens is 6. The van der Waals surface area contributed by atoms with Crippen LogP contribution in [-0.2, 0) is 10.3 Å². The lowest BCUT2D eigenvalue weighted by Gasteiger charge is -2.48. The molecule has 1 aliphatic rings. The minimum absolute atomic E-state index is 0.0321. The predicted octanol–water partition coefficient (Wildman–Crippen LogP) is 6.87. The lowest BCUT2D eigenvalue weighted by atomic mass is 9.68. The molecule has 1 aliphatic heterocycles. The molecule has 0 saturated carbocycles. The van der Waals surface area contributed by atoms with Crippen molar-refractivity contribution in [2.75, 3.05) is 19.7 Å². The van der Waals surface area contributed by atoms with E-state index in [4.69, 9.17) is 4.74 Å². The third-order valence-electron chi connectivity index (χ3n) is 7.61. The van der Waals surface area contributed by atoms with E-state index in [1.165, 1.54) is 12.3 Å². The fourth-order valence-corrected chi connectivity index (χ4v) is 5.41. The van der Waals surface area contributed by atoms with Crippen LogP contribution in [0.25, 0.3) is 17.1 Å². The van der Waals surface area contributed by atoms with Crippen LogP contribution in [0.5, 0.6) is 0 Å². The number of aromatic nitrogens is 3. The lowest BCUT2D eigenvalue weighted by molar-refractivity contribution is -0.407. The number of pyridine rings is 1. The summed E-state index contributed by atoms with van der Waals surface area (Å²) in [5.74, 6) is 0. The summed E-state index contributed by atoms with van der Waals surface area (Å²) in [7, 11) is 0. The molecule has 1 atom stereocenters. The van der Waals surface area contributed by atoms with Gasteiger partial charge in [-0.3, -0.25) is 14.9 Å². The molecule has 0 bridgehead atoms. The molecule has 0 radical (unpaired) electrons. The van der Waals surface area contributed by atoms with Gasteiger partial charge in [-0.05, 0) is 64.0 Å². The van der Waals surface area contributed by atoms with Crippen molar-refractivity contribution in [1.29, 1.82) is 0 Å². The second-order valence-electron chi connectivity index (χ2n) is 10.3. The summed E-state index contributed by atoms with van der Waals surface area (Å²) in [6, 6.07) is 10.4. The first-order valence-electron chi connectivity index (χ1n) is 12.5. The number of likely N-dealkylation sites (tertiary alicyclic amines) is 1. The second-order valence-corrected chi connectivity index (χ2v) is 10.3. The Labute approximate surface area is 222 Å². The Balaban J connectivity index is 1.86. The Morgan fingerprint density at radius 1 is 0.949 bits per heavy atom. The zero-order valence-electron chi connectivity index (χ0n) is 22.1. The van der Waals surface area contributed by atoms with E-state index in [0.29, 0.717) is 16.6 Å². The predicted molar refractivity (Wildman–Crippen MR) is 136 cm³/mol. The molecule has 3 aromatic rings. The molecule has 4 rings (SSSR count). The zero-order chi connectivity index (χ0) is 28.7. The molecule has 1 aromatic carbocycles. The van der Waals surface area contributed by atoms with Crippen LogP contribution in [0, 0.1) is 12.3 Å². The third kappa shape index (κ3) is 5.02. The number of hydrogen-bond acceptors (Lipinski definition) is 5. The number of rotatable bonds is 7. The van der Waals surface area contributed by atoms with E-state index in [-0.39, 0.29) is 12.2 Å². The summed E-state index contributed by atoms with van der Waals surface area (Å²) < 4.78 is 93.3. The Bertz CT molecular complexity index is 1320. The van der Waals surface area contributed by atoms with Gasteiger partial charge in [0.25, 0.3) is 5.60 Å². The summed E-state index contributed by atoms with van der Waals surface area (Å²) in [4.78, 5) is 14.5. The monoisotopic (exact) mass is 552 g/mol. The zero-order valence-corrected chi connectivity index (χ0v) is 22.1. The van der Waals surface area contributed by atoms with Crippen LogP contribution in [0.15, 0.2) is 54.9 Å². The normalized spacial score (nSPS) is 19.8. The molecule has 5 nitrogen and oxygen atoms in total. The summed E-state index contributed by atoms with van der Waals surface area (Å²) >= 11 is 0. The molecule has 3 heterocycles. The fraction of sp³-hybridized carbons (Fsp3) is 0.464. The third-order valence-corrected chi connectivity index (χ3v) is 7.61. The van der Waals surface area contributed by atoms with E-state index >= 15 is 0 Å². The molecule has 1 fully saturated rings. The van der Waals surface area contributed by atoms with Crippen LogP contribution in [0.4, 0.5) is 26.3 Å². The lowest BCUT2D eigenvalue weighted by Crippen LogP contribution is -2.69. The van der Waals surface area contributed by atoms with Crippen LogP contribution < -0.4 is 0 Å². The Morgan fingerprint density at radius 3 is 2.21 bits per heavy atom. The van der Waals surface area contributed by atoms with Crippen molar-refractivity contribution in [1.82, 2.24) is 19.9 Å². The maximum Gasteiger partial charge on any atom is 0.427 e. The molecule has 1 saturated heterocycles. The molecule has 39 heavy (non-hydrogen) atoms. The van der Waals surface area contributed by atoms with Crippen LogP contribution >= 0.6 is 0 Å². The van der Waals surface area contributed by atoms with Crippen molar-refractivity contribution in [3.05, 3.63) is 71.8 Å². The first-order chi connectivity index (χ1) is 18.2. The number of benzene rings is 1. The first-order valence-corrected chi connectivity index (χ1v) is 12.5. The maximum absolute atomic E-state index is 14.7. The smallest absolute Gasteiger partial charge is 0.358 e. The molecule has 11 heteroatoms. The fourth-order valence-electron chi connectivity index (χ4n) is 5.41. The largest absolute Gasteiger partial charge is 0.427 e. The van der Waals surface area contributed by atoms with Gasteiger partial charge >= 0.3 is 12.4 Å². The number of nitrogens with zero attached hydrogens (tertiary/aromatic N) is 4. The highest BCUT2D eigenvalue weighted by atomic mass is 19.4. The van der Waals surface area contributed by atoms with E-state index in [1.807, 2.05) is 0 Å². The molecule has 2 aromatic heterocycles. The number of hydrogen-bond donors (Lipinski definition) is 0. The molecular weight excluding hydrogens is 522 g/mol. The highest BCUT2D eigenvalue weighted by Crippen LogP contribution is 2.60. The highest BCUT2D eigenvalue weighted by Gasteiger charge is 2.81. The van der Waals surface area contributed by atoms with Crippen LogP contribution in [0.3, 0.4) is 0 Å². The summed E-state index contributed by atoms with van der Waals surface area (Å²) in [6.07, 6.45) is -6.88. The van der Waals surface area contributed by atoms with Crippen molar-refractivity contribution in [2.24, 2.45) is 5.41 Å². The standard InChI is InChI=1S/C28H30F6N4O/c1-5-39-26(27(29,30)31,28(32,33)34)25(13-12-21-17-36-22-8-6-7-9-23(22)37-21)14-15-38(18-25)24(3,4)20-11-10-19(2)35-16-20/h6-13,16-17H,5,14-15,18H2,1-4H3/b13-12+/t25-/m1/s1. The van der Waals surface area contributed by atoms with Gasteiger partial charge in [0.15, 0.2) is 0 Å². The van der Waals surface area contributed by atoms with Gasteiger partial charge in [-0.1, -0.05) is 24.3 Å². The minimum Gasteiger partial charge on any atom is -0.358 e. The average Bonchev–Trinajstić information content (AvgIpc) is 3.31. The quantitative estimate of drug-likeness (QED) is 0.300. The van der Waals surface area contributed by atoms with Gasteiger partial charge in [0.05, 0.1) is 22.9 Å². The van der Waals surface area contributed by atoms with Gasteiger partial charge in [-0.2, -0.15) is 26.3 Å². The van der Waals surface area contributed by atoms with Crippen molar-refractivity contribution in [3.8, 4) is 0 Å². The van der Waals surface area contributed by atoms with Crippen molar-refractivity contribution in [2.45, 2.75) is 57.6 Å². The van der Waals surface area contributed by atoms with Gasteiger partial charge in [0.1, 0.15) is 0 Å². The molecule has 0 amide bonds. The number of para-hydroxylation sites is 2. The number of alkyl halides is 6. The summed E-state index contributed by atoms with van der Waals surface area (Å²) in [6.45, 7) is 5.07. The Hall–Kier alpha value is -3.05. The van der Waals surface area contributed by atoms with Crippen LogP contribution in [0.2, 0.25) is 0 Å². The van der Waals surface area contributed by atoms with Gasteiger partial charge in [-0.15, -0.1) is 0 Å². The molecule has 0 aliphatic carbocycles. The SMILES string of the molecule is CCOC(C(F)(F)F)(C(F)(F)F)[C@]1(/C=C/c2cnc3ccccc3n2)CCN(C(C)(C)c2ccc(C)nc2)C1. The summed E-state index contributed by atoms with van der Waals surface area (Å²) in [5.41, 5.74) is -5.28. The van der Waals surface area contributed by atoms with Crippen molar-refractivity contribution < 1.29 is 31.1 Å². The molecule has 210 valence electrons. The van der Waals surface area contributed by atoms with Crippen LogP contribution in [-0.4, -0.2) is 57.5 Å². The molecule has 0 N–H and O–H groups in total. The maximum atomic E-state index is 14.7. The van der Waals surface area contributed by atoms with Gasteiger partial charge in [0.2, 0.25) is 0 Å². The minimum atomic E-state index is -5.76. The van der Waals surface area contributed by atoms with E-state index in [1.54, 1.807) is 68.3 Å². The Kier molecular flexibility index (Phi) is 7.54.